The summed E-state index contributed by atoms with van der Waals surface area (Å²) >= 11 is 3.56. The van der Waals surface area contributed by atoms with Gasteiger partial charge in [0.2, 0.25) is 0 Å². The first-order valence-electron chi connectivity index (χ1n) is 11.5. The molecule has 0 aliphatic heterocycles. The molecule has 0 aromatic rings. The monoisotopic (exact) mass is 496 g/mol. The first-order valence-corrected chi connectivity index (χ1v) is 12.4. The summed E-state index contributed by atoms with van der Waals surface area (Å²) in [5.41, 5.74) is 3.12. The zero-order valence-electron chi connectivity index (χ0n) is 19.0. The van der Waals surface area contributed by atoms with Crippen LogP contribution in [0.2, 0.25) is 0 Å². The molecule has 1 saturated carbocycles. The molecule has 4 rings (SSSR count). The van der Waals surface area contributed by atoms with E-state index in [1.54, 1.807) is 0 Å². The average Bonchev–Trinajstić information content (AvgIpc) is 3.13. The SMILES string of the molecule is C[C@H]1CC2=C3C1=C[C@@]1(C)C[C@H](O)[C@](C)(C[C@H](O)[C@H](O)[C@@](C)(O)CO)[C@H]1[C@@H]3CCC2=CBr. The minimum atomic E-state index is -1.79. The summed E-state index contributed by atoms with van der Waals surface area (Å²) in [5.74, 6) is 0.916. The summed E-state index contributed by atoms with van der Waals surface area (Å²) in [6, 6.07) is 0. The topological polar surface area (TPSA) is 101 Å². The Bertz CT molecular complexity index is 845. The number of fused-ring (bicyclic) bond motifs is 2. The molecular weight excluding hydrogens is 460 g/mol. The van der Waals surface area contributed by atoms with Crippen LogP contribution in [0.4, 0.5) is 0 Å². The number of aliphatic hydroxyl groups is 5. The van der Waals surface area contributed by atoms with Gasteiger partial charge in [0.25, 0.3) is 0 Å². The van der Waals surface area contributed by atoms with E-state index in [1.807, 2.05) is 6.92 Å². The highest BCUT2D eigenvalue weighted by molar-refractivity contribution is 9.11. The quantitative estimate of drug-likeness (QED) is 0.402. The number of hydrogen-bond donors (Lipinski definition) is 5. The standard InChI is InChI=1S/C25H37BrO5/c1-13-7-16-14(11-26)5-6-15-20(16)17(13)8-23(2)10-19(29)24(3,21(15)23)9-18(28)22(30)25(4,31)12-27/h8,11,13,15,18-19,21-22,27-31H,5-7,9-10,12H2,1-4H3/t13-,15+,18-,19-,21-,22-,23-,24-,25-/m0/s1. The van der Waals surface area contributed by atoms with Gasteiger partial charge in [0, 0.05) is 5.41 Å². The Kier molecular flexibility index (Phi) is 5.93. The Morgan fingerprint density at radius 3 is 2.61 bits per heavy atom. The molecule has 5 nitrogen and oxygen atoms in total. The van der Waals surface area contributed by atoms with Gasteiger partial charge in [-0.15, -0.1) is 0 Å². The maximum Gasteiger partial charge on any atom is 0.113 e. The Labute approximate surface area is 193 Å². The molecule has 0 bridgehead atoms. The lowest BCUT2D eigenvalue weighted by Crippen LogP contribution is -2.53. The Morgan fingerprint density at radius 2 is 2.00 bits per heavy atom. The molecule has 174 valence electrons. The van der Waals surface area contributed by atoms with Gasteiger partial charge < -0.3 is 25.5 Å². The van der Waals surface area contributed by atoms with E-state index < -0.39 is 35.9 Å². The van der Waals surface area contributed by atoms with Gasteiger partial charge in [0.1, 0.15) is 11.7 Å². The van der Waals surface area contributed by atoms with Crippen molar-refractivity contribution in [3.8, 4) is 0 Å². The second-order valence-corrected chi connectivity index (χ2v) is 11.8. The molecule has 31 heavy (non-hydrogen) atoms. The van der Waals surface area contributed by atoms with Crippen molar-refractivity contribution in [1.29, 1.82) is 0 Å². The molecular formula is C25H37BrO5. The van der Waals surface area contributed by atoms with Crippen LogP contribution in [-0.2, 0) is 0 Å². The van der Waals surface area contributed by atoms with E-state index in [-0.39, 0.29) is 17.8 Å². The van der Waals surface area contributed by atoms with Gasteiger partial charge in [-0.1, -0.05) is 42.8 Å². The smallest absolute Gasteiger partial charge is 0.113 e. The minimum absolute atomic E-state index is 0.131. The zero-order valence-corrected chi connectivity index (χ0v) is 20.6. The molecule has 4 aliphatic rings. The molecule has 0 amide bonds. The summed E-state index contributed by atoms with van der Waals surface area (Å²) in [6.45, 7) is 7.24. The summed E-state index contributed by atoms with van der Waals surface area (Å²) in [5, 5.41) is 52.4. The van der Waals surface area contributed by atoms with Crippen molar-refractivity contribution in [2.24, 2.45) is 28.6 Å². The molecule has 6 heteroatoms. The molecule has 4 aliphatic carbocycles. The van der Waals surface area contributed by atoms with Gasteiger partial charge in [-0.05, 0) is 89.5 Å². The first-order chi connectivity index (χ1) is 14.4. The molecule has 0 spiro atoms. The number of allylic oxidation sites excluding steroid dienone is 5. The number of halogens is 1. The Hall–Kier alpha value is -0.500. The third-order valence-electron chi connectivity index (χ3n) is 8.97. The van der Waals surface area contributed by atoms with E-state index in [0.29, 0.717) is 18.3 Å². The van der Waals surface area contributed by atoms with Crippen molar-refractivity contribution >= 4 is 15.9 Å². The predicted octanol–water partition coefficient (Wildman–Crippen LogP) is 3.20. The Balaban J connectivity index is 1.75. The number of aliphatic hydroxyl groups excluding tert-OH is 4. The third kappa shape index (κ3) is 3.44. The van der Waals surface area contributed by atoms with Crippen LogP contribution in [0.5, 0.6) is 0 Å². The van der Waals surface area contributed by atoms with Crippen LogP contribution in [-0.4, -0.2) is 56.1 Å². The van der Waals surface area contributed by atoms with Crippen LogP contribution in [0.1, 0.15) is 59.8 Å². The van der Waals surface area contributed by atoms with E-state index in [4.69, 9.17) is 0 Å². The fourth-order valence-electron chi connectivity index (χ4n) is 7.48. The van der Waals surface area contributed by atoms with Crippen LogP contribution >= 0.6 is 15.9 Å². The lowest BCUT2D eigenvalue weighted by Gasteiger charge is -2.50. The highest BCUT2D eigenvalue weighted by atomic mass is 79.9. The number of hydrogen-bond acceptors (Lipinski definition) is 5. The predicted molar refractivity (Wildman–Crippen MR) is 123 cm³/mol. The molecule has 5 N–H and O–H groups in total. The molecule has 0 aromatic heterocycles. The Morgan fingerprint density at radius 1 is 1.32 bits per heavy atom. The van der Waals surface area contributed by atoms with E-state index >= 15 is 0 Å². The van der Waals surface area contributed by atoms with Gasteiger partial charge in [-0.2, -0.15) is 0 Å². The van der Waals surface area contributed by atoms with Gasteiger partial charge in [0.05, 0.1) is 18.8 Å². The average molecular weight is 497 g/mol. The highest BCUT2D eigenvalue weighted by Crippen LogP contribution is 2.68. The minimum Gasteiger partial charge on any atom is -0.393 e. The van der Waals surface area contributed by atoms with Crippen LogP contribution in [0.3, 0.4) is 0 Å². The first kappa shape index (κ1) is 23.7. The zero-order chi connectivity index (χ0) is 22.9. The van der Waals surface area contributed by atoms with Crippen LogP contribution in [0.15, 0.2) is 33.4 Å². The van der Waals surface area contributed by atoms with Crippen molar-refractivity contribution in [2.75, 3.05) is 6.61 Å². The largest absolute Gasteiger partial charge is 0.393 e. The maximum atomic E-state index is 11.3. The fourth-order valence-corrected chi connectivity index (χ4v) is 7.99. The second kappa shape index (κ2) is 7.78. The van der Waals surface area contributed by atoms with Crippen molar-refractivity contribution in [3.63, 3.8) is 0 Å². The molecule has 9 atom stereocenters. The normalized spacial score (nSPS) is 44.6. The van der Waals surface area contributed by atoms with E-state index in [0.717, 1.165) is 19.3 Å². The van der Waals surface area contributed by atoms with E-state index in [1.165, 1.54) is 29.2 Å². The summed E-state index contributed by atoms with van der Waals surface area (Å²) < 4.78 is 0. The molecule has 0 unspecified atom stereocenters. The van der Waals surface area contributed by atoms with Gasteiger partial charge in [0.15, 0.2) is 0 Å². The lowest BCUT2D eigenvalue weighted by molar-refractivity contribution is -0.151. The molecule has 0 aromatic carbocycles. The highest BCUT2D eigenvalue weighted by Gasteiger charge is 2.63. The third-order valence-corrected chi connectivity index (χ3v) is 9.52. The van der Waals surface area contributed by atoms with E-state index in [2.05, 4.69) is 40.8 Å². The van der Waals surface area contributed by atoms with Gasteiger partial charge >= 0.3 is 0 Å². The second-order valence-electron chi connectivity index (χ2n) is 11.3. The van der Waals surface area contributed by atoms with Crippen molar-refractivity contribution in [3.05, 3.63) is 33.4 Å². The van der Waals surface area contributed by atoms with Crippen LogP contribution in [0.25, 0.3) is 0 Å². The van der Waals surface area contributed by atoms with Crippen molar-refractivity contribution in [1.82, 2.24) is 0 Å². The van der Waals surface area contributed by atoms with Crippen LogP contribution < -0.4 is 0 Å². The van der Waals surface area contributed by atoms with Gasteiger partial charge in [-0.3, -0.25) is 0 Å². The van der Waals surface area contributed by atoms with Crippen molar-refractivity contribution in [2.45, 2.75) is 83.7 Å². The van der Waals surface area contributed by atoms with Crippen LogP contribution in [0, 0.1) is 28.6 Å². The molecule has 0 saturated heterocycles. The van der Waals surface area contributed by atoms with Crippen molar-refractivity contribution < 1.29 is 25.5 Å². The lowest BCUT2D eigenvalue weighted by atomic mass is 9.54. The fraction of sp³-hybridized carbons (Fsp3) is 0.760. The summed E-state index contributed by atoms with van der Waals surface area (Å²) in [7, 11) is 0. The summed E-state index contributed by atoms with van der Waals surface area (Å²) in [4.78, 5) is 2.06. The molecule has 0 radical (unpaired) electrons. The maximum absolute atomic E-state index is 11.3. The van der Waals surface area contributed by atoms with Gasteiger partial charge in [-0.25, -0.2) is 0 Å². The molecule has 1 fully saturated rings. The number of rotatable bonds is 5. The summed E-state index contributed by atoms with van der Waals surface area (Å²) in [6.07, 6.45) is 2.91. The van der Waals surface area contributed by atoms with E-state index in [9.17, 15) is 25.5 Å². The molecule has 0 heterocycles.